The molecule has 174 valence electrons. The van der Waals surface area contributed by atoms with Crippen LogP contribution in [0.2, 0.25) is 0 Å². The van der Waals surface area contributed by atoms with Gasteiger partial charge in [0.2, 0.25) is 0 Å². The van der Waals surface area contributed by atoms with Gasteiger partial charge in [-0.2, -0.15) is 5.10 Å². The number of hydrogen-bond acceptors (Lipinski definition) is 4. The van der Waals surface area contributed by atoms with Gasteiger partial charge in [0.1, 0.15) is 0 Å². The number of rotatable bonds is 3. The molecule has 0 aliphatic rings. The monoisotopic (exact) mass is 480 g/mol. The van der Waals surface area contributed by atoms with Crippen LogP contribution in [-0.4, -0.2) is 27.0 Å². The number of hydrogen-bond donors (Lipinski definition) is 0. The third-order valence-electron chi connectivity index (χ3n) is 6.31. The normalized spacial score (nSPS) is 12.7. The van der Waals surface area contributed by atoms with Crippen molar-refractivity contribution in [3.05, 3.63) is 96.8 Å². The first-order valence-corrected chi connectivity index (χ1v) is 12.9. The highest BCUT2D eigenvalue weighted by atomic mass is 32.2. The van der Waals surface area contributed by atoms with E-state index in [4.69, 9.17) is 10.1 Å². The fourth-order valence-corrected chi connectivity index (χ4v) is 5.87. The predicted octanol–water partition coefficient (Wildman–Crippen LogP) is 6.04. The lowest BCUT2D eigenvalue weighted by Crippen LogP contribution is -2.11. The van der Waals surface area contributed by atoms with Gasteiger partial charge in [-0.05, 0) is 24.3 Å². The van der Waals surface area contributed by atoms with Gasteiger partial charge in [0, 0.05) is 34.0 Å². The van der Waals surface area contributed by atoms with Crippen LogP contribution in [0.4, 0.5) is 0 Å². The molecule has 0 aliphatic carbocycles. The molecule has 0 atom stereocenters. The summed E-state index contributed by atoms with van der Waals surface area (Å²) in [5, 5.41) is 6.58. The van der Waals surface area contributed by atoms with E-state index < -0.39 is 10.0 Å². The van der Waals surface area contributed by atoms with Gasteiger partial charge in [-0.25, -0.2) is 21.9 Å². The molecule has 0 saturated heterocycles. The van der Waals surface area contributed by atoms with Gasteiger partial charge in [0.05, 0.1) is 27.3 Å². The van der Waals surface area contributed by atoms with Crippen LogP contribution in [-0.2, 0) is 15.4 Å². The van der Waals surface area contributed by atoms with Crippen LogP contribution in [0.25, 0.3) is 38.7 Å². The zero-order valence-corrected chi connectivity index (χ0v) is 20.5. The Labute approximate surface area is 203 Å². The number of para-hydroxylation sites is 2. The minimum atomic E-state index is -3.79. The Balaban J connectivity index is 1.69. The first-order valence-electron chi connectivity index (χ1n) is 11.5. The van der Waals surface area contributed by atoms with E-state index in [1.165, 1.54) is 3.97 Å². The number of aromatic nitrogens is 4. The predicted molar refractivity (Wildman–Crippen MR) is 139 cm³/mol. The Bertz CT molecular complexity index is 1840. The molecule has 0 saturated carbocycles. The molecular weight excluding hydrogens is 456 g/mol. The topological polar surface area (TPSA) is 69.3 Å². The summed E-state index contributed by atoms with van der Waals surface area (Å²) >= 11 is 0. The second kappa shape index (κ2) is 7.52. The summed E-state index contributed by atoms with van der Waals surface area (Å²) in [4.78, 5) is 5.26. The van der Waals surface area contributed by atoms with Crippen LogP contribution in [0, 0.1) is 0 Å². The van der Waals surface area contributed by atoms with Gasteiger partial charge < -0.3 is 0 Å². The Morgan fingerprint density at radius 3 is 2.11 bits per heavy atom. The van der Waals surface area contributed by atoms with Crippen LogP contribution in [0.15, 0.2) is 96.0 Å². The van der Waals surface area contributed by atoms with Gasteiger partial charge in [0.25, 0.3) is 10.0 Å². The highest BCUT2D eigenvalue weighted by molar-refractivity contribution is 7.90. The van der Waals surface area contributed by atoms with E-state index in [9.17, 15) is 8.42 Å². The second-order valence-corrected chi connectivity index (χ2v) is 11.5. The van der Waals surface area contributed by atoms with Crippen molar-refractivity contribution in [3.63, 3.8) is 0 Å². The molecule has 0 spiro atoms. The van der Waals surface area contributed by atoms with E-state index >= 15 is 0 Å². The first-order chi connectivity index (χ1) is 16.7. The minimum absolute atomic E-state index is 0.130. The summed E-state index contributed by atoms with van der Waals surface area (Å²) in [6.45, 7) is 6.37. The van der Waals surface area contributed by atoms with Crippen LogP contribution in [0.5, 0.6) is 0 Å². The van der Waals surface area contributed by atoms with Crippen molar-refractivity contribution in [3.8, 4) is 11.3 Å². The number of fused-ring (bicyclic) bond motifs is 4. The van der Waals surface area contributed by atoms with Crippen molar-refractivity contribution in [1.82, 2.24) is 18.6 Å². The van der Waals surface area contributed by atoms with E-state index in [-0.39, 0.29) is 10.3 Å². The minimum Gasteiger partial charge on any atom is -0.240 e. The summed E-state index contributed by atoms with van der Waals surface area (Å²) < 4.78 is 30.5. The molecule has 6 rings (SSSR count). The standard InChI is InChI=1S/C28H24N4O2S/c1-28(2,3)25-17-26-29-27(21-14-8-10-16-24(21)32(26)30-25)22-18-31(23-15-9-7-13-20(22)23)35(33,34)19-11-5-4-6-12-19/h4-18H,1-3H3. The first kappa shape index (κ1) is 21.6. The average molecular weight is 481 g/mol. The van der Waals surface area contributed by atoms with Crippen LogP contribution in [0.1, 0.15) is 26.5 Å². The Morgan fingerprint density at radius 2 is 1.40 bits per heavy atom. The highest BCUT2D eigenvalue weighted by Gasteiger charge is 2.24. The van der Waals surface area contributed by atoms with E-state index in [0.29, 0.717) is 5.52 Å². The van der Waals surface area contributed by atoms with Crippen molar-refractivity contribution in [2.75, 3.05) is 0 Å². The van der Waals surface area contributed by atoms with Crippen LogP contribution >= 0.6 is 0 Å². The van der Waals surface area contributed by atoms with E-state index in [1.807, 2.05) is 59.1 Å². The molecule has 3 aromatic carbocycles. The van der Waals surface area contributed by atoms with Crippen molar-refractivity contribution in [2.45, 2.75) is 31.1 Å². The maximum Gasteiger partial charge on any atom is 0.268 e. The van der Waals surface area contributed by atoms with Crippen molar-refractivity contribution < 1.29 is 8.42 Å². The molecule has 0 aliphatic heterocycles. The lowest BCUT2D eigenvalue weighted by molar-refractivity contribution is 0.564. The highest BCUT2D eigenvalue weighted by Crippen LogP contribution is 2.36. The van der Waals surface area contributed by atoms with Gasteiger partial charge in [0.15, 0.2) is 5.65 Å². The zero-order chi connectivity index (χ0) is 24.4. The summed E-state index contributed by atoms with van der Waals surface area (Å²) in [6, 6.07) is 26.0. The lowest BCUT2D eigenvalue weighted by atomic mass is 9.93. The fraction of sp³-hybridized carbons (Fsp3) is 0.143. The third kappa shape index (κ3) is 3.34. The Kier molecular flexibility index (Phi) is 4.63. The largest absolute Gasteiger partial charge is 0.268 e. The average Bonchev–Trinajstić information content (AvgIpc) is 3.47. The number of nitrogens with zero attached hydrogens (tertiary/aromatic N) is 4. The van der Waals surface area contributed by atoms with Crippen molar-refractivity contribution in [2.24, 2.45) is 0 Å². The SMILES string of the molecule is CC(C)(C)c1cc2nc(-c3cn(S(=O)(=O)c4ccccc4)c4ccccc34)c3ccccc3n2n1. The van der Waals surface area contributed by atoms with E-state index in [2.05, 4.69) is 20.8 Å². The molecule has 6 nitrogen and oxygen atoms in total. The summed E-state index contributed by atoms with van der Waals surface area (Å²) in [6.07, 6.45) is 1.69. The Hall–Kier alpha value is -3.97. The summed E-state index contributed by atoms with van der Waals surface area (Å²) in [5.41, 5.74) is 4.57. The lowest BCUT2D eigenvalue weighted by Gasteiger charge is -2.13. The molecule has 6 aromatic rings. The molecule has 0 unspecified atom stereocenters. The molecule has 0 bridgehead atoms. The fourth-order valence-electron chi connectivity index (χ4n) is 4.48. The van der Waals surface area contributed by atoms with Crippen molar-refractivity contribution in [1.29, 1.82) is 0 Å². The summed E-state index contributed by atoms with van der Waals surface area (Å²) in [5.74, 6) is 0. The van der Waals surface area contributed by atoms with Gasteiger partial charge >= 0.3 is 0 Å². The second-order valence-electron chi connectivity index (χ2n) is 9.70. The molecule has 0 fully saturated rings. The van der Waals surface area contributed by atoms with Crippen LogP contribution in [0.3, 0.4) is 0 Å². The van der Waals surface area contributed by atoms with Crippen molar-refractivity contribution >= 4 is 37.5 Å². The van der Waals surface area contributed by atoms with Gasteiger partial charge in [-0.3, -0.25) is 0 Å². The molecule has 0 amide bonds. The maximum atomic E-state index is 13.6. The molecule has 3 aromatic heterocycles. The molecule has 0 radical (unpaired) electrons. The number of benzene rings is 3. The molecular formula is C28H24N4O2S. The summed E-state index contributed by atoms with van der Waals surface area (Å²) in [7, 11) is -3.79. The van der Waals surface area contributed by atoms with E-state index in [0.717, 1.165) is 38.9 Å². The van der Waals surface area contributed by atoms with Crippen LogP contribution < -0.4 is 0 Å². The Morgan fingerprint density at radius 1 is 0.771 bits per heavy atom. The smallest absolute Gasteiger partial charge is 0.240 e. The van der Waals surface area contributed by atoms with E-state index in [1.54, 1.807) is 36.5 Å². The van der Waals surface area contributed by atoms with Gasteiger partial charge in [-0.15, -0.1) is 0 Å². The zero-order valence-electron chi connectivity index (χ0n) is 19.7. The third-order valence-corrected chi connectivity index (χ3v) is 7.99. The quantitative estimate of drug-likeness (QED) is 0.310. The molecule has 7 heteroatoms. The molecule has 3 heterocycles. The molecule has 35 heavy (non-hydrogen) atoms. The van der Waals surface area contributed by atoms with Gasteiger partial charge in [-0.1, -0.05) is 75.4 Å². The maximum absolute atomic E-state index is 13.6. The molecule has 0 N–H and O–H groups in total.